The average molecular weight is 408 g/mol. The van der Waals surface area contributed by atoms with E-state index in [1.54, 1.807) is 50.8 Å². The number of hydrogen-bond donors (Lipinski definition) is 0. The van der Waals surface area contributed by atoms with Crippen molar-refractivity contribution in [3.8, 4) is 17.2 Å². The van der Waals surface area contributed by atoms with Crippen LogP contribution in [0.1, 0.15) is 37.2 Å². The Balaban J connectivity index is 1.90. The van der Waals surface area contributed by atoms with Gasteiger partial charge in [0.2, 0.25) is 5.91 Å². The third kappa shape index (κ3) is 3.30. The Morgan fingerprint density at radius 1 is 1.00 bits per heavy atom. The second-order valence-electron chi connectivity index (χ2n) is 7.28. The van der Waals surface area contributed by atoms with Crippen LogP contribution in [-0.2, 0) is 9.59 Å². The van der Waals surface area contributed by atoms with Gasteiger partial charge in [-0.15, -0.1) is 0 Å². The minimum atomic E-state index is -0.400. The predicted molar refractivity (Wildman–Crippen MR) is 111 cm³/mol. The Hall–Kier alpha value is -3.35. The van der Waals surface area contributed by atoms with Gasteiger partial charge in [-0.1, -0.05) is 0 Å². The van der Waals surface area contributed by atoms with Gasteiger partial charge in [0, 0.05) is 47.9 Å². The van der Waals surface area contributed by atoms with E-state index < -0.39 is 5.92 Å². The van der Waals surface area contributed by atoms with Gasteiger partial charge in [0.05, 0.1) is 33.2 Å². The molecular weight excluding hydrogens is 384 g/mol. The van der Waals surface area contributed by atoms with Crippen molar-refractivity contribution >= 4 is 17.4 Å². The monoisotopic (exact) mass is 408 g/mol. The number of ether oxygens (including phenoxy) is 3. The minimum Gasteiger partial charge on any atom is -0.496 e. The summed E-state index contributed by atoms with van der Waals surface area (Å²) in [5, 5.41) is 0. The summed E-state index contributed by atoms with van der Waals surface area (Å²) >= 11 is 0. The van der Waals surface area contributed by atoms with E-state index in [4.69, 9.17) is 14.2 Å². The molecule has 0 radical (unpaired) electrons. The van der Waals surface area contributed by atoms with Crippen molar-refractivity contribution in [1.29, 1.82) is 0 Å². The van der Waals surface area contributed by atoms with Crippen molar-refractivity contribution in [3.63, 3.8) is 0 Å². The SMILES string of the molecule is COc1cc(OC)c(C2CC(=O)N(c3cccnc3)C3=C2C(=O)CCC3)cc1OC. The molecule has 1 aliphatic carbocycles. The van der Waals surface area contributed by atoms with Gasteiger partial charge < -0.3 is 14.2 Å². The number of carbonyl (C=O) groups excluding carboxylic acids is 2. The van der Waals surface area contributed by atoms with Gasteiger partial charge >= 0.3 is 0 Å². The summed E-state index contributed by atoms with van der Waals surface area (Å²) in [6.45, 7) is 0. The van der Waals surface area contributed by atoms with Gasteiger partial charge in [-0.05, 0) is 31.0 Å². The normalized spacial score (nSPS) is 18.9. The first-order chi connectivity index (χ1) is 14.6. The summed E-state index contributed by atoms with van der Waals surface area (Å²) in [5.41, 5.74) is 2.87. The van der Waals surface area contributed by atoms with Gasteiger partial charge in [0.15, 0.2) is 17.3 Å². The molecular formula is C23H24N2O5. The predicted octanol–water partition coefficient (Wildman–Crippen LogP) is 3.64. The summed E-state index contributed by atoms with van der Waals surface area (Å²) in [4.78, 5) is 32.1. The number of pyridine rings is 1. The third-order valence-corrected chi connectivity index (χ3v) is 5.69. The molecule has 1 unspecified atom stereocenters. The maximum absolute atomic E-state index is 13.3. The number of allylic oxidation sites excluding steroid dienone is 2. The lowest BCUT2D eigenvalue weighted by Gasteiger charge is -2.38. The molecule has 0 saturated heterocycles. The number of benzene rings is 1. The molecule has 0 saturated carbocycles. The zero-order chi connectivity index (χ0) is 21.3. The van der Waals surface area contributed by atoms with Crippen molar-refractivity contribution in [3.05, 3.63) is 53.5 Å². The maximum atomic E-state index is 13.3. The van der Waals surface area contributed by atoms with Gasteiger partial charge in [0.1, 0.15) is 5.75 Å². The lowest BCUT2D eigenvalue weighted by atomic mass is 9.76. The molecule has 0 spiro atoms. The zero-order valence-electron chi connectivity index (χ0n) is 17.3. The number of anilines is 1. The summed E-state index contributed by atoms with van der Waals surface area (Å²) in [6.07, 6.45) is 5.33. The highest BCUT2D eigenvalue weighted by Crippen LogP contribution is 2.47. The van der Waals surface area contributed by atoms with Crippen LogP contribution in [-0.4, -0.2) is 38.0 Å². The summed E-state index contributed by atoms with van der Waals surface area (Å²) in [5.74, 6) is 1.22. The fourth-order valence-electron chi connectivity index (χ4n) is 4.37. The molecule has 156 valence electrons. The molecule has 1 aliphatic heterocycles. The number of aromatic nitrogens is 1. The highest BCUT2D eigenvalue weighted by molar-refractivity contribution is 6.07. The number of methoxy groups -OCH3 is 3. The van der Waals surface area contributed by atoms with Crippen LogP contribution in [0.4, 0.5) is 5.69 Å². The molecule has 0 fully saturated rings. The van der Waals surface area contributed by atoms with Gasteiger partial charge in [-0.3, -0.25) is 19.5 Å². The van der Waals surface area contributed by atoms with E-state index in [2.05, 4.69) is 4.98 Å². The van der Waals surface area contributed by atoms with Crippen molar-refractivity contribution in [2.24, 2.45) is 0 Å². The first-order valence-electron chi connectivity index (χ1n) is 9.88. The number of amides is 1. The van der Waals surface area contributed by atoms with Crippen LogP contribution in [0.3, 0.4) is 0 Å². The van der Waals surface area contributed by atoms with E-state index in [-0.39, 0.29) is 18.1 Å². The number of Topliss-reactive ketones (excluding diaryl/α,β-unsaturated/α-hetero) is 1. The van der Waals surface area contributed by atoms with Gasteiger partial charge in [-0.25, -0.2) is 0 Å². The second kappa shape index (κ2) is 8.18. The molecule has 0 bridgehead atoms. The first-order valence-corrected chi connectivity index (χ1v) is 9.88. The summed E-state index contributed by atoms with van der Waals surface area (Å²) in [6, 6.07) is 7.17. The standard InChI is InChI=1S/C23H24N2O5/c1-28-19-12-21(30-3)20(29-2)10-15(19)16-11-22(27)25(14-6-5-9-24-13-14)17-7-4-8-18(26)23(16)17/h5-6,9-10,12-13,16H,4,7-8,11H2,1-3H3. The Morgan fingerprint density at radius 2 is 1.73 bits per heavy atom. The Bertz CT molecular complexity index is 1020. The van der Waals surface area contributed by atoms with Crippen LogP contribution in [0.25, 0.3) is 0 Å². The van der Waals surface area contributed by atoms with Crippen LogP contribution in [0.5, 0.6) is 17.2 Å². The molecule has 1 atom stereocenters. The number of carbonyl (C=O) groups is 2. The molecule has 7 nitrogen and oxygen atoms in total. The van der Waals surface area contributed by atoms with Gasteiger partial charge in [-0.2, -0.15) is 0 Å². The molecule has 2 aromatic rings. The fourth-order valence-corrected chi connectivity index (χ4v) is 4.37. The van der Waals surface area contributed by atoms with E-state index in [1.165, 1.54) is 0 Å². The molecule has 0 N–H and O–H groups in total. The van der Waals surface area contributed by atoms with Crippen LogP contribution in [0.15, 0.2) is 47.9 Å². The molecule has 1 aromatic heterocycles. The minimum absolute atomic E-state index is 0.0690. The lowest BCUT2D eigenvalue weighted by Crippen LogP contribution is -2.40. The van der Waals surface area contributed by atoms with Crippen LogP contribution in [0, 0.1) is 0 Å². The second-order valence-corrected chi connectivity index (χ2v) is 7.28. The molecule has 1 amide bonds. The zero-order valence-corrected chi connectivity index (χ0v) is 17.3. The van der Waals surface area contributed by atoms with Crippen molar-refractivity contribution in [1.82, 2.24) is 4.98 Å². The van der Waals surface area contributed by atoms with Crippen LogP contribution >= 0.6 is 0 Å². The van der Waals surface area contributed by atoms with Crippen molar-refractivity contribution in [2.75, 3.05) is 26.2 Å². The highest BCUT2D eigenvalue weighted by Gasteiger charge is 2.41. The molecule has 1 aromatic carbocycles. The quantitative estimate of drug-likeness (QED) is 0.752. The average Bonchev–Trinajstić information content (AvgIpc) is 2.78. The topological polar surface area (TPSA) is 78.0 Å². The molecule has 2 heterocycles. The number of rotatable bonds is 5. The smallest absolute Gasteiger partial charge is 0.232 e. The molecule has 4 rings (SSSR count). The largest absolute Gasteiger partial charge is 0.496 e. The van der Waals surface area contributed by atoms with Crippen molar-refractivity contribution in [2.45, 2.75) is 31.6 Å². The van der Waals surface area contributed by atoms with E-state index in [1.807, 2.05) is 12.1 Å². The van der Waals surface area contributed by atoms with Crippen LogP contribution < -0.4 is 19.1 Å². The van der Waals surface area contributed by atoms with E-state index in [0.29, 0.717) is 41.4 Å². The Labute approximate surface area is 175 Å². The molecule has 7 heteroatoms. The fraction of sp³-hybridized carbons (Fsp3) is 0.348. The molecule has 30 heavy (non-hydrogen) atoms. The first kappa shape index (κ1) is 19.9. The van der Waals surface area contributed by atoms with Crippen molar-refractivity contribution < 1.29 is 23.8 Å². The van der Waals surface area contributed by atoms with Crippen LogP contribution in [0.2, 0.25) is 0 Å². The number of hydrogen-bond acceptors (Lipinski definition) is 6. The lowest BCUT2D eigenvalue weighted by molar-refractivity contribution is -0.119. The van der Waals surface area contributed by atoms with E-state index in [9.17, 15) is 9.59 Å². The highest BCUT2D eigenvalue weighted by atomic mass is 16.5. The Morgan fingerprint density at radius 3 is 2.40 bits per heavy atom. The summed E-state index contributed by atoms with van der Waals surface area (Å²) < 4.78 is 16.4. The number of nitrogens with zero attached hydrogens (tertiary/aromatic N) is 2. The van der Waals surface area contributed by atoms with E-state index >= 15 is 0 Å². The Kier molecular flexibility index (Phi) is 5.44. The molecule has 2 aliphatic rings. The number of ketones is 1. The summed E-state index contributed by atoms with van der Waals surface area (Å²) in [7, 11) is 4.67. The third-order valence-electron chi connectivity index (χ3n) is 5.69. The maximum Gasteiger partial charge on any atom is 0.232 e. The van der Waals surface area contributed by atoms with Gasteiger partial charge in [0.25, 0.3) is 0 Å². The van der Waals surface area contributed by atoms with E-state index in [0.717, 1.165) is 17.7 Å².